The van der Waals surface area contributed by atoms with Crippen LogP contribution in [0.2, 0.25) is 5.02 Å². The highest BCUT2D eigenvalue weighted by Gasteiger charge is 2.15. The van der Waals surface area contributed by atoms with Crippen LogP contribution >= 0.6 is 11.6 Å². The number of amides is 1. The fourth-order valence-electron chi connectivity index (χ4n) is 3.80. The number of halogens is 1. The largest absolute Gasteiger partial charge is 0.457 e. The van der Waals surface area contributed by atoms with Gasteiger partial charge in [0.15, 0.2) is 0 Å². The summed E-state index contributed by atoms with van der Waals surface area (Å²) in [6.45, 7) is 10.5. The zero-order chi connectivity index (χ0) is 24.8. The highest BCUT2D eigenvalue weighted by Crippen LogP contribution is 2.30. The second-order valence-corrected chi connectivity index (χ2v) is 9.07. The van der Waals surface area contributed by atoms with Crippen molar-refractivity contribution in [2.75, 3.05) is 43.9 Å². The number of carbonyl (C=O) groups excluding carboxylic acids is 1. The van der Waals surface area contributed by atoms with Gasteiger partial charge in [0.25, 0.3) is 0 Å². The van der Waals surface area contributed by atoms with Gasteiger partial charge < -0.3 is 20.3 Å². The molecule has 2 heterocycles. The van der Waals surface area contributed by atoms with Gasteiger partial charge in [0.2, 0.25) is 5.91 Å². The summed E-state index contributed by atoms with van der Waals surface area (Å²) in [6, 6.07) is 15.2. The average Bonchev–Trinajstić information content (AvgIpc) is 2.84. The molecule has 0 saturated carbocycles. The van der Waals surface area contributed by atoms with Crippen molar-refractivity contribution in [2.24, 2.45) is 0 Å². The first-order valence-electron chi connectivity index (χ1n) is 11.5. The Labute approximate surface area is 211 Å². The van der Waals surface area contributed by atoms with Crippen LogP contribution < -0.4 is 15.4 Å². The fourth-order valence-corrected chi connectivity index (χ4v) is 3.97. The van der Waals surface area contributed by atoms with Gasteiger partial charge in [-0.1, -0.05) is 30.3 Å². The summed E-state index contributed by atoms with van der Waals surface area (Å²) in [4.78, 5) is 21.3. The molecule has 35 heavy (non-hydrogen) atoms. The molecule has 0 unspecified atom stereocenters. The number of piperazine rings is 1. The van der Waals surface area contributed by atoms with Crippen molar-refractivity contribution >= 4 is 34.7 Å². The normalized spacial score (nSPS) is 14.4. The number of likely N-dealkylation sites (N-methyl/N-ethyl adjacent to an activating group) is 1. The molecule has 0 aliphatic carbocycles. The molecule has 1 aromatic heterocycles. The van der Waals surface area contributed by atoms with Gasteiger partial charge in [-0.15, -0.1) is 0 Å². The molecule has 2 aromatic carbocycles. The Kier molecular flexibility index (Phi) is 8.02. The van der Waals surface area contributed by atoms with Crippen LogP contribution in [0.1, 0.15) is 11.1 Å². The summed E-state index contributed by atoms with van der Waals surface area (Å²) >= 11 is 6.22. The predicted molar refractivity (Wildman–Crippen MR) is 142 cm³/mol. The maximum absolute atomic E-state index is 12.1. The first-order chi connectivity index (χ1) is 16.9. The Hall–Kier alpha value is -3.39. The van der Waals surface area contributed by atoms with Gasteiger partial charge in [0.05, 0.1) is 11.4 Å². The summed E-state index contributed by atoms with van der Waals surface area (Å²) in [5, 5.41) is 6.86. The van der Waals surface area contributed by atoms with Gasteiger partial charge in [-0.25, -0.2) is 4.98 Å². The van der Waals surface area contributed by atoms with Crippen LogP contribution in [0.5, 0.6) is 11.5 Å². The molecular weight excluding hydrogens is 462 g/mol. The number of rotatable bonds is 8. The van der Waals surface area contributed by atoms with E-state index >= 15 is 0 Å². The van der Waals surface area contributed by atoms with Crippen LogP contribution in [0.3, 0.4) is 0 Å². The monoisotopic (exact) mass is 491 g/mol. The van der Waals surface area contributed by atoms with Crippen molar-refractivity contribution in [2.45, 2.75) is 13.5 Å². The highest BCUT2D eigenvalue weighted by atomic mass is 35.5. The van der Waals surface area contributed by atoms with Crippen LogP contribution in [0.25, 0.3) is 0 Å². The van der Waals surface area contributed by atoms with E-state index < -0.39 is 0 Å². The van der Waals surface area contributed by atoms with E-state index in [2.05, 4.69) is 45.1 Å². The van der Waals surface area contributed by atoms with E-state index in [0.29, 0.717) is 28.0 Å². The van der Waals surface area contributed by atoms with Gasteiger partial charge in [-0.05, 0) is 61.5 Å². The number of nitrogens with zero attached hydrogens (tertiary/aromatic N) is 3. The lowest BCUT2D eigenvalue weighted by molar-refractivity contribution is -0.111. The summed E-state index contributed by atoms with van der Waals surface area (Å²) < 4.78 is 5.96. The standard InChI is InChI=1S/C27H30ClN5O2/c1-4-27(34)31-25-15-20(18-33-13-11-32(3)12-14-33)6-8-24(25)30-26-17-22(9-10-29-26)35-21-7-5-19(2)23(28)16-21/h4-10,15-17H,1,11-14,18H2,2-3H3,(H,29,30)(H,31,34). The third-order valence-corrected chi connectivity index (χ3v) is 6.31. The van der Waals surface area contributed by atoms with Crippen molar-refractivity contribution in [1.29, 1.82) is 0 Å². The second-order valence-electron chi connectivity index (χ2n) is 8.67. The zero-order valence-electron chi connectivity index (χ0n) is 20.1. The smallest absolute Gasteiger partial charge is 0.247 e. The van der Waals surface area contributed by atoms with Gasteiger partial charge in [-0.2, -0.15) is 0 Å². The van der Waals surface area contributed by atoms with Crippen LogP contribution in [0, 0.1) is 6.92 Å². The van der Waals surface area contributed by atoms with Gasteiger partial charge >= 0.3 is 0 Å². The van der Waals surface area contributed by atoms with E-state index in [9.17, 15) is 4.79 Å². The van der Waals surface area contributed by atoms with E-state index in [1.165, 1.54) is 6.08 Å². The lowest BCUT2D eigenvalue weighted by Crippen LogP contribution is -2.43. The molecule has 2 N–H and O–H groups in total. The molecule has 1 aliphatic heterocycles. The lowest BCUT2D eigenvalue weighted by Gasteiger charge is -2.32. The Balaban J connectivity index is 1.52. The minimum absolute atomic E-state index is 0.272. The lowest BCUT2D eigenvalue weighted by atomic mass is 10.1. The molecule has 1 fully saturated rings. The molecule has 1 saturated heterocycles. The molecule has 7 nitrogen and oxygen atoms in total. The van der Waals surface area contributed by atoms with E-state index in [-0.39, 0.29) is 5.91 Å². The predicted octanol–water partition coefficient (Wildman–Crippen LogP) is 5.45. The Morgan fingerprint density at radius 2 is 1.86 bits per heavy atom. The number of hydrogen-bond acceptors (Lipinski definition) is 6. The van der Waals surface area contributed by atoms with E-state index in [0.717, 1.165) is 49.5 Å². The number of aromatic nitrogens is 1. The topological polar surface area (TPSA) is 69.7 Å². The third kappa shape index (κ3) is 6.82. The van der Waals surface area contributed by atoms with Crippen molar-refractivity contribution < 1.29 is 9.53 Å². The average molecular weight is 492 g/mol. The van der Waals surface area contributed by atoms with Crippen LogP contribution in [-0.2, 0) is 11.3 Å². The molecule has 4 rings (SSSR count). The Bertz CT molecular complexity index is 1210. The molecule has 1 amide bonds. The number of aryl methyl sites for hydroxylation is 1. The number of pyridine rings is 1. The maximum atomic E-state index is 12.1. The van der Waals surface area contributed by atoms with Gasteiger partial charge in [-0.3, -0.25) is 9.69 Å². The first kappa shape index (κ1) is 24.7. The summed E-state index contributed by atoms with van der Waals surface area (Å²) in [5.74, 6) is 1.57. The molecular formula is C27H30ClN5O2. The van der Waals surface area contributed by atoms with Crippen LogP contribution in [0.4, 0.5) is 17.2 Å². The quantitative estimate of drug-likeness (QED) is 0.408. The fraction of sp³-hybridized carbons (Fsp3) is 0.259. The SMILES string of the molecule is C=CC(=O)Nc1cc(CN2CCN(C)CC2)ccc1Nc1cc(Oc2ccc(C)c(Cl)c2)ccn1. The Morgan fingerprint density at radius 1 is 1.09 bits per heavy atom. The van der Waals surface area contributed by atoms with E-state index in [1.807, 2.05) is 31.2 Å². The highest BCUT2D eigenvalue weighted by molar-refractivity contribution is 6.31. The number of anilines is 3. The zero-order valence-corrected chi connectivity index (χ0v) is 20.8. The number of nitrogens with one attached hydrogen (secondary N) is 2. The Morgan fingerprint density at radius 3 is 2.60 bits per heavy atom. The van der Waals surface area contributed by atoms with Crippen LogP contribution in [0.15, 0.2) is 67.4 Å². The number of ether oxygens (including phenoxy) is 1. The summed E-state index contributed by atoms with van der Waals surface area (Å²) in [6.07, 6.45) is 2.92. The van der Waals surface area contributed by atoms with E-state index in [4.69, 9.17) is 16.3 Å². The first-order valence-corrected chi connectivity index (χ1v) is 11.9. The summed E-state index contributed by atoms with van der Waals surface area (Å²) in [7, 11) is 2.14. The van der Waals surface area contributed by atoms with E-state index in [1.54, 1.807) is 24.4 Å². The van der Waals surface area contributed by atoms with Crippen molar-refractivity contribution in [3.05, 3.63) is 83.5 Å². The number of benzene rings is 2. The molecule has 0 radical (unpaired) electrons. The molecule has 182 valence electrons. The molecule has 8 heteroatoms. The number of hydrogen-bond donors (Lipinski definition) is 2. The molecule has 0 spiro atoms. The minimum Gasteiger partial charge on any atom is -0.457 e. The second kappa shape index (κ2) is 11.4. The molecule has 0 bridgehead atoms. The van der Waals surface area contributed by atoms with Crippen molar-refractivity contribution in [3.8, 4) is 11.5 Å². The number of carbonyl (C=O) groups is 1. The molecule has 1 aliphatic rings. The minimum atomic E-state index is -0.272. The van der Waals surface area contributed by atoms with Crippen LogP contribution in [-0.4, -0.2) is 53.9 Å². The van der Waals surface area contributed by atoms with Gasteiger partial charge in [0, 0.05) is 50.0 Å². The van der Waals surface area contributed by atoms with Crippen molar-refractivity contribution in [1.82, 2.24) is 14.8 Å². The third-order valence-electron chi connectivity index (χ3n) is 5.90. The summed E-state index contributed by atoms with van der Waals surface area (Å²) in [5.41, 5.74) is 3.51. The van der Waals surface area contributed by atoms with Gasteiger partial charge in [0.1, 0.15) is 17.3 Å². The molecule has 0 atom stereocenters. The molecule has 3 aromatic rings. The van der Waals surface area contributed by atoms with Crippen molar-refractivity contribution in [3.63, 3.8) is 0 Å². The maximum Gasteiger partial charge on any atom is 0.247 e.